The molecule has 5 heteroatoms. The minimum absolute atomic E-state index is 0.179. The molecule has 1 rings (SSSR count). The lowest BCUT2D eigenvalue weighted by Gasteiger charge is -2.12. The van der Waals surface area contributed by atoms with Crippen LogP contribution in [0.1, 0.15) is 39.7 Å². The van der Waals surface area contributed by atoms with E-state index < -0.39 is 0 Å². The molecule has 0 saturated heterocycles. The molecule has 130 valence electrons. The average Bonchev–Trinajstić information content (AvgIpc) is 2.52. The lowest BCUT2D eigenvalue weighted by atomic mass is 10.2. The van der Waals surface area contributed by atoms with Crippen molar-refractivity contribution in [3.8, 4) is 5.75 Å². The van der Waals surface area contributed by atoms with E-state index >= 15 is 0 Å². The van der Waals surface area contributed by atoms with E-state index in [1.54, 1.807) is 0 Å². The summed E-state index contributed by atoms with van der Waals surface area (Å²) in [6, 6.07) is 8.09. The number of benzene rings is 1. The maximum absolute atomic E-state index is 5.72. The van der Waals surface area contributed by atoms with Crippen molar-refractivity contribution in [1.82, 2.24) is 10.6 Å². The van der Waals surface area contributed by atoms with Crippen LogP contribution in [0, 0.1) is 0 Å². The fourth-order valence-corrected chi connectivity index (χ4v) is 2.03. The third kappa shape index (κ3) is 9.08. The number of guanidine groups is 1. The van der Waals surface area contributed by atoms with Gasteiger partial charge in [-0.3, -0.25) is 0 Å². The lowest BCUT2D eigenvalue weighted by molar-refractivity contribution is 0.145. The number of aliphatic imine (C=N–C) groups is 1. The van der Waals surface area contributed by atoms with Gasteiger partial charge in [0, 0.05) is 26.3 Å². The molecule has 0 radical (unpaired) electrons. The highest BCUT2D eigenvalue weighted by molar-refractivity contribution is 5.79. The van der Waals surface area contributed by atoms with Crippen molar-refractivity contribution in [3.63, 3.8) is 0 Å². The first kappa shape index (κ1) is 19.3. The Morgan fingerprint density at radius 3 is 2.74 bits per heavy atom. The van der Waals surface area contributed by atoms with Crippen molar-refractivity contribution in [2.45, 2.75) is 46.8 Å². The van der Waals surface area contributed by atoms with Gasteiger partial charge in [-0.1, -0.05) is 12.1 Å². The Labute approximate surface area is 140 Å². The maximum Gasteiger partial charge on any atom is 0.191 e. The van der Waals surface area contributed by atoms with E-state index in [0.717, 1.165) is 50.0 Å². The van der Waals surface area contributed by atoms with Gasteiger partial charge in [0.15, 0.2) is 5.96 Å². The second kappa shape index (κ2) is 11.8. The Bertz CT molecular complexity index is 461. The molecule has 0 aliphatic carbocycles. The minimum atomic E-state index is 0.179. The molecular formula is C18H31N3O2. The van der Waals surface area contributed by atoms with E-state index in [4.69, 9.17) is 9.47 Å². The van der Waals surface area contributed by atoms with Gasteiger partial charge < -0.3 is 20.1 Å². The molecule has 0 bridgehead atoms. The van der Waals surface area contributed by atoms with Gasteiger partial charge in [-0.15, -0.1) is 0 Å². The van der Waals surface area contributed by atoms with E-state index in [0.29, 0.717) is 6.54 Å². The van der Waals surface area contributed by atoms with Crippen LogP contribution < -0.4 is 15.4 Å². The number of nitrogens with one attached hydrogen (secondary N) is 2. The number of nitrogens with zero attached hydrogens (tertiary/aromatic N) is 1. The summed E-state index contributed by atoms with van der Waals surface area (Å²) in [5, 5.41) is 6.58. The molecule has 0 fully saturated rings. The molecule has 5 nitrogen and oxygen atoms in total. The summed E-state index contributed by atoms with van der Waals surface area (Å²) in [6.45, 7) is 12.0. The summed E-state index contributed by atoms with van der Waals surface area (Å²) >= 11 is 0. The molecule has 23 heavy (non-hydrogen) atoms. The summed E-state index contributed by atoms with van der Waals surface area (Å²) in [6.07, 6.45) is 1.15. The Hall–Kier alpha value is -1.75. The molecule has 0 amide bonds. The number of ether oxygens (including phenoxy) is 2. The zero-order chi connectivity index (χ0) is 16.9. The lowest BCUT2D eigenvalue weighted by Crippen LogP contribution is -2.38. The second-order valence-electron chi connectivity index (χ2n) is 5.49. The van der Waals surface area contributed by atoms with Crippen LogP contribution >= 0.6 is 0 Å². The molecule has 0 atom stereocenters. The van der Waals surface area contributed by atoms with E-state index in [-0.39, 0.29) is 6.10 Å². The summed E-state index contributed by atoms with van der Waals surface area (Å²) in [5.74, 6) is 1.72. The monoisotopic (exact) mass is 321 g/mol. The zero-order valence-electron chi connectivity index (χ0n) is 14.9. The van der Waals surface area contributed by atoms with Crippen LogP contribution in [0.4, 0.5) is 0 Å². The molecule has 0 aromatic heterocycles. The normalized spacial score (nSPS) is 11.6. The summed E-state index contributed by atoms with van der Waals surface area (Å²) in [5.41, 5.74) is 1.13. The van der Waals surface area contributed by atoms with Gasteiger partial charge in [0.2, 0.25) is 0 Å². The predicted octanol–water partition coefficient (Wildman–Crippen LogP) is 2.96. The van der Waals surface area contributed by atoms with Crippen LogP contribution in [0.5, 0.6) is 5.75 Å². The maximum atomic E-state index is 5.72. The zero-order valence-corrected chi connectivity index (χ0v) is 14.9. The highest BCUT2D eigenvalue weighted by atomic mass is 16.5. The quantitative estimate of drug-likeness (QED) is 0.395. The molecule has 2 N–H and O–H groups in total. The third-order valence-electron chi connectivity index (χ3n) is 3.00. The van der Waals surface area contributed by atoms with Gasteiger partial charge in [0.1, 0.15) is 5.75 Å². The summed E-state index contributed by atoms with van der Waals surface area (Å²) in [4.78, 5) is 4.62. The number of hydrogen-bond acceptors (Lipinski definition) is 3. The molecule has 0 aliphatic heterocycles. The average molecular weight is 321 g/mol. The molecule has 0 unspecified atom stereocenters. The van der Waals surface area contributed by atoms with Crippen molar-refractivity contribution >= 4 is 5.96 Å². The standard InChI is InChI=1S/C18H31N3O2/c1-5-19-18(20-11-8-12-22-6-2)21-14-16-9-7-10-17(13-16)23-15(3)4/h7,9-10,13,15H,5-6,8,11-12,14H2,1-4H3,(H2,19,20,21). The molecule has 0 aliphatic rings. The van der Waals surface area contributed by atoms with Gasteiger partial charge in [-0.2, -0.15) is 0 Å². The Morgan fingerprint density at radius 1 is 1.22 bits per heavy atom. The minimum Gasteiger partial charge on any atom is -0.491 e. The van der Waals surface area contributed by atoms with Crippen molar-refractivity contribution < 1.29 is 9.47 Å². The van der Waals surface area contributed by atoms with Crippen LogP contribution in [0.2, 0.25) is 0 Å². The SMILES string of the molecule is CCNC(=NCc1cccc(OC(C)C)c1)NCCCOCC. The number of rotatable bonds is 10. The van der Waals surface area contributed by atoms with Crippen LogP contribution in [0.15, 0.2) is 29.3 Å². The molecule has 0 saturated carbocycles. The molecule has 0 spiro atoms. The Kier molecular flexibility index (Phi) is 9.87. The van der Waals surface area contributed by atoms with Gasteiger partial charge in [0.25, 0.3) is 0 Å². The van der Waals surface area contributed by atoms with Crippen LogP contribution in [0.25, 0.3) is 0 Å². The van der Waals surface area contributed by atoms with E-state index in [9.17, 15) is 0 Å². The first-order valence-electron chi connectivity index (χ1n) is 8.51. The molecular weight excluding hydrogens is 290 g/mol. The van der Waals surface area contributed by atoms with Crippen molar-refractivity contribution in [2.24, 2.45) is 4.99 Å². The predicted molar refractivity (Wildman–Crippen MR) is 96.1 cm³/mol. The van der Waals surface area contributed by atoms with Crippen molar-refractivity contribution in [1.29, 1.82) is 0 Å². The van der Waals surface area contributed by atoms with Crippen LogP contribution in [-0.4, -0.2) is 38.4 Å². The van der Waals surface area contributed by atoms with Crippen molar-refractivity contribution in [3.05, 3.63) is 29.8 Å². The summed E-state index contributed by atoms with van der Waals surface area (Å²) in [7, 11) is 0. The largest absolute Gasteiger partial charge is 0.491 e. The van der Waals surface area contributed by atoms with Crippen LogP contribution in [0.3, 0.4) is 0 Å². The van der Waals surface area contributed by atoms with E-state index in [1.807, 2.05) is 39.0 Å². The van der Waals surface area contributed by atoms with Gasteiger partial charge in [-0.05, 0) is 51.8 Å². The molecule has 1 aromatic rings. The third-order valence-corrected chi connectivity index (χ3v) is 3.00. The van der Waals surface area contributed by atoms with Crippen molar-refractivity contribution in [2.75, 3.05) is 26.3 Å². The topological polar surface area (TPSA) is 54.9 Å². The number of hydrogen-bond donors (Lipinski definition) is 2. The van der Waals surface area contributed by atoms with Crippen LogP contribution in [-0.2, 0) is 11.3 Å². The first-order valence-corrected chi connectivity index (χ1v) is 8.51. The molecule has 0 heterocycles. The highest BCUT2D eigenvalue weighted by Gasteiger charge is 2.01. The smallest absolute Gasteiger partial charge is 0.191 e. The fourth-order valence-electron chi connectivity index (χ4n) is 2.03. The van der Waals surface area contributed by atoms with Gasteiger partial charge in [-0.25, -0.2) is 4.99 Å². The molecule has 1 aromatic carbocycles. The summed E-state index contributed by atoms with van der Waals surface area (Å²) < 4.78 is 11.1. The second-order valence-corrected chi connectivity index (χ2v) is 5.49. The van der Waals surface area contributed by atoms with E-state index in [2.05, 4.69) is 28.6 Å². The Morgan fingerprint density at radius 2 is 2.04 bits per heavy atom. The first-order chi connectivity index (χ1) is 11.2. The van der Waals surface area contributed by atoms with E-state index in [1.165, 1.54) is 0 Å². The Balaban J connectivity index is 2.52. The van der Waals surface area contributed by atoms with Gasteiger partial charge >= 0.3 is 0 Å². The van der Waals surface area contributed by atoms with Gasteiger partial charge in [0.05, 0.1) is 12.6 Å². The highest BCUT2D eigenvalue weighted by Crippen LogP contribution is 2.15. The fraction of sp³-hybridized carbons (Fsp3) is 0.611.